The van der Waals surface area contributed by atoms with Crippen LogP contribution in [0.5, 0.6) is 0 Å². The van der Waals surface area contributed by atoms with E-state index >= 15 is 0 Å². The van der Waals surface area contributed by atoms with Gasteiger partial charge >= 0.3 is 15.1 Å². The molecular formula is C12H27NO5Si. The Hall–Kier alpha value is -0.633. The first-order valence-electron chi connectivity index (χ1n) is 6.97. The first-order valence-corrected chi connectivity index (χ1v) is 8.65. The fourth-order valence-corrected chi connectivity index (χ4v) is 4.27. The average molecular weight is 293 g/mol. The van der Waals surface area contributed by atoms with Crippen molar-refractivity contribution in [2.75, 3.05) is 33.0 Å². The summed E-state index contributed by atoms with van der Waals surface area (Å²) < 4.78 is 23.7. The molecule has 7 heteroatoms. The lowest BCUT2D eigenvalue weighted by atomic mass is 10.5. The average Bonchev–Trinajstić information content (AvgIpc) is 2.37. The number of hydrogen-bond acceptors (Lipinski definition) is 5. The van der Waals surface area contributed by atoms with Crippen molar-refractivity contribution >= 4 is 15.1 Å². The quantitative estimate of drug-likeness (QED) is 0.579. The summed E-state index contributed by atoms with van der Waals surface area (Å²) >= 11 is 0. The molecule has 0 aromatic heterocycles. The van der Waals surface area contributed by atoms with Gasteiger partial charge in [0.05, 0.1) is 6.61 Å². The molecule has 1 amide bonds. The number of nitrogens with zero attached hydrogens (tertiary/aromatic N) is 1. The van der Waals surface area contributed by atoms with E-state index in [4.69, 9.17) is 18.0 Å². The Morgan fingerprint density at radius 3 is 1.68 bits per heavy atom. The minimum absolute atomic E-state index is 0.313. The third kappa shape index (κ3) is 5.48. The Balaban J connectivity index is 5.22. The Kier molecular flexibility index (Phi) is 9.85. The van der Waals surface area contributed by atoms with E-state index < -0.39 is 15.1 Å². The van der Waals surface area contributed by atoms with Gasteiger partial charge < -0.3 is 18.0 Å². The fourth-order valence-electron chi connectivity index (χ4n) is 1.67. The van der Waals surface area contributed by atoms with Crippen molar-refractivity contribution in [3.8, 4) is 0 Å². The zero-order valence-electron chi connectivity index (χ0n) is 12.7. The largest absolute Gasteiger partial charge is 0.638 e. The normalized spacial score (nSPS) is 11.4. The van der Waals surface area contributed by atoms with Crippen molar-refractivity contribution < 1.29 is 22.8 Å². The topological polar surface area (TPSA) is 57.2 Å². The molecule has 0 atom stereocenters. The second-order valence-corrected chi connectivity index (χ2v) is 6.13. The highest BCUT2D eigenvalue weighted by molar-refractivity contribution is 6.60. The molecule has 0 saturated carbocycles. The number of rotatable bonds is 10. The van der Waals surface area contributed by atoms with Crippen LogP contribution in [0.1, 0.15) is 41.0 Å². The predicted molar refractivity (Wildman–Crippen MR) is 74.7 cm³/mol. The zero-order chi connectivity index (χ0) is 14.7. The molecule has 0 bridgehead atoms. The number of ether oxygens (including phenoxy) is 1. The lowest BCUT2D eigenvalue weighted by molar-refractivity contribution is 0.0141. The summed E-state index contributed by atoms with van der Waals surface area (Å²) in [6, 6.07) is 0. The van der Waals surface area contributed by atoms with Crippen LogP contribution in [0.25, 0.3) is 0 Å². The molecule has 0 aliphatic heterocycles. The highest BCUT2D eigenvalue weighted by Crippen LogP contribution is 2.18. The smallest absolute Gasteiger partial charge is 0.450 e. The lowest BCUT2D eigenvalue weighted by Gasteiger charge is -2.36. The van der Waals surface area contributed by atoms with Gasteiger partial charge in [-0.25, -0.2) is 4.79 Å². The van der Waals surface area contributed by atoms with E-state index in [0.717, 1.165) is 6.42 Å². The first-order chi connectivity index (χ1) is 9.11. The van der Waals surface area contributed by atoms with Crippen molar-refractivity contribution in [1.29, 1.82) is 0 Å². The third-order valence-electron chi connectivity index (χ3n) is 2.25. The SMILES string of the molecule is CCCN(C(=O)OCC)[Si](OCC)(OCC)OCC. The second-order valence-electron chi connectivity index (χ2n) is 3.67. The molecule has 0 spiro atoms. The Labute approximate surface area is 117 Å². The van der Waals surface area contributed by atoms with Gasteiger partial charge in [-0.3, -0.25) is 4.57 Å². The predicted octanol–water partition coefficient (Wildman–Crippen LogP) is 2.40. The van der Waals surface area contributed by atoms with E-state index in [9.17, 15) is 4.79 Å². The maximum Gasteiger partial charge on any atom is 0.638 e. The van der Waals surface area contributed by atoms with Gasteiger partial charge in [0.15, 0.2) is 0 Å². The summed E-state index contributed by atoms with van der Waals surface area (Å²) in [5.74, 6) is 0. The van der Waals surface area contributed by atoms with E-state index in [2.05, 4.69) is 0 Å². The van der Waals surface area contributed by atoms with Gasteiger partial charge in [-0.2, -0.15) is 0 Å². The highest BCUT2D eigenvalue weighted by Gasteiger charge is 2.52. The summed E-state index contributed by atoms with van der Waals surface area (Å²) in [6.45, 7) is 11.4. The molecule has 0 radical (unpaired) electrons. The van der Waals surface area contributed by atoms with Gasteiger partial charge in [0.2, 0.25) is 0 Å². The summed E-state index contributed by atoms with van der Waals surface area (Å²) in [5.41, 5.74) is 0. The molecule has 0 aliphatic carbocycles. The van der Waals surface area contributed by atoms with Crippen molar-refractivity contribution in [2.45, 2.75) is 41.0 Å². The van der Waals surface area contributed by atoms with Gasteiger partial charge in [0.25, 0.3) is 0 Å². The van der Waals surface area contributed by atoms with E-state index in [1.165, 1.54) is 4.57 Å². The molecule has 114 valence electrons. The molecule has 0 fully saturated rings. The Bertz CT molecular complexity index is 235. The van der Waals surface area contributed by atoms with E-state index in [1.54, 1.807) is 6.92 Å². The molecule has 0 heterocycles. The van der Waals surface area contributed by atoms with E-state index in [0.29, 0.717) is 33.0 Å². The van der Waals surface area contributed by atoms with Gasteiger partial charge in [0, 0.05) is 26.4 Å². The molecule has 0 aromatic rings. The highest BCUT2D eigenvalue weighted by atomic mass is 28.4. The van der Waals surface area contributed by atoms with Crippen LogP contribution in [-0.2, 0) is 18.0 Å². The van der Waals surface area contributed by atoms with E-state index in [-0.39, 0.29) is 0 Å². The Morgan fingerprint density at radius 2 is 1.37 bits per heavy atom. The number of carbonyl (C=O) groups excluding carboxylic acids is 1. The summed E-state index contributed by atoms with van der Waals surface area (Å²) in [4.78, 5) is 12.1. The third-order valence-corrected chi connectivity index (χ3v) is 5.27. The van der Waals surface area contributed by atoms with Crippen molar-refractivity contribution in [1.82, 2.24) is 4.57 Å². The van der Waals surface area contributed by atoms with Crippen molar-refractivity contribution in [3.63, 3.8) is 0 Å². The molecule has 0 unspecified atom stereocenters. The molecule has 0 aliphatic rings. The monoisotopic (exact) mass is 293 g/mol. The maximum absolute atomic E-state index is 12.1. The summed E-state index contributed by atoms with van der Waals surface area (Å²) in [7, 11) is -3.19. The van der Waals surface area contributed by atoms with Crippen LogP contribution in [0.3, 0.4) is 0 Å². The lowest BCUT2D eigenvalue weighted by Crippen LogP contribution is -2.63. The Morgan fingerprint density at radius 1 is 0.895 bits per heavy atom. The van der Waals surface area contributed by atoms with Crippen LogP contribution in [0, 0.1) is 0 Å². The number of carbonyl (C=O) groups is 1. The first kappa shape index (κ1) is 18.4. The molecule has 0 aromatic carbocycles. The zero-order valence-corrected chi connectivity index (χ0v) is 13.7. The van der Waals surface area contributed by atoms with E-state index in [1.807, 2.05) is 27.7 Å². The van der Waals surface area contributed by atoms with Crippen molar-refractivity contribution in [2.24, 2.45) is 0 Å². The van der Waals surface area contributed by atoms with Crippen LogP contribution in [0.4, 0.5) is 4.79 Å². The van der Waals surface area contributed by atoms with Crippen LogP contribution >= 0.6 is 0 Å². The maximum atomic E-state index is 12.1. The molecule has 6 nitrogen and oxygen atoms in total. The van der Waals surface area contributed by atoms with Crippen molar-refractivity contribution in [3.05, 3.63) is 0 Å². The molecule has 0 N–H and O–H groups in total. The van der Waals surface area contributed by atoms with Gasteiger partial charge in [-0.1, -0.05) is 6.92 Å². The number of hydrogen-bond donors (Lipinski definition) is 0. The second kappa shape index (κ2) is 10.2. The summed E-state index contributed by atoms with van der Waals surface area (Å²) in [6.07, 6.45) is 0.340. The van der Waals surface area contributed by atoms with Crippen LogP contribution in [0.2, 0.25) is 0 Å². The van der Waals surface area contributed by atoms with Gasteiger partial charge in [0.1, 0.15) is 0 Å². The molecular weight excluding hydrogens is 266 g/mol. The number of amides is 1. The fraction of sp³-hybridized carbons (Fsp3) is 0.917. The summed E-state index contributed by atoms with van der Waals surface area (Å²) in [5, 5.41) is 0. The molecule has 0 saturated heterocycles. The molecule has 19 heavy (non-hydrogen) atoms. The van der Waals surface area contributed by atoms with Crippen LogP contribution < -0.4 is 0 Å². The van der Waals surface area contributed by atoms with Crippen LogP contribution in [-0.4, -0.2) is 52.6 Å². The van der Waals surface area contributed by atoms with Crippen LogP contribution in [0.15, 0.2) is 0 Å². The minimum Gasteiger partial charge on any atom is -0.450 e. The standard InChI is InChI=1S/C12H27NO5Si/c1-6-11-13(12(14)15-7-2)19(16-8-3,17-9-4)18-10-5/h6-11H2,1-5H3. The minimum atomic E-state index is -3.19. The molecule has 0 rings (SSSR count). The van der Waals surface area contributed by atoms with Gasteiger partial charge in [-0.05, 0) is 34.1 Å². The van der Waals surface area contributed by atoms with Gasteiger partial charge in [-0.15, -0.1) is 0 Å².